The summed E-state index contributed by atoms with van der Waals surface area (Å²) in [6.45, 7) is 4.55. The molecule has 32 heavy (non-hydrogen) atoms. The van der Waals surface area contributed by atoms with E-state index >= 15 is 0 Å². The number of nitrogens with zero attached hydrogens (tertiary/aromatic N) is 3. The summed E-state index contributed by atoms with van der Waals surface area (Å²) in [6.07, 6.45) is 1.68. The number of benzene rings is 1. The number of thioether (sulfide) groups is 1. The zero-order valence-electron chi connectivity index (χ0n) is 18.3. The molecule has 0 radical (unpaired) electrons. The van der Waals surface area contributed by atoms with E-state index in [2.05, 4.69) is 10.3 Å². The van der Waals surface area contributed by atoms with Gasteiger partial charge in [0.05, 0.1) is 11.1 Å². The molecule has 3 heterocycles. The molecule has 1 aromatic carbocycles. The first kappa shape index (κ1) is 21.9. The van der Waals surface area contributed by atoms with Gasteiger partial charge in [0.25, 0.3) is 5.56 Å². The Kier molecular flexibility index (Phi) is 5.96. The van der Waals surface area contributed by atoms with E-state index in [1.54, 1.807) is 13.2 Å². The standard InChI is InChI=1S/C22H24N4O5S/c1-12(2)14-9-24-20-18(21(28)26(4)22(29)25(20)3)19(14)32-10-17(27)23-8-13-5-6-15-16(7-13)31-11-30-15/h5-7,9,12H,8,10-11H2,1-4H3,(H,23,27). The first-order valence-electron chi connectivity index (χ1n) is 10.1. The molecule has 2 aromatic heterocycles. The van der Waals surface area contributed by atoms with Crippen molar-refractivity contribution in [1.29, 1.82) is 0 Å². The Morgan fingerprint density at radius 2 is 1.94 bits per heavy atom. The van der Waals surface area contributed by atoms with E-state index in [9.17, 15) is 14.4 Å². The number of nitrogens with one attached hydrogen (secondary N) is 1. The van der Waals surface area contributed by atoms with Crippen molar-refractivity contribution in [2.24, 2.45) is 14.1 Å². The molecule has 168 valence electrons. The van der Waals surface area contributed by atoms with Gasteiger partial charge in [0.2, 0.25) is 12.7 Å². The monoisotopic (exact) mass is 456 g/mol. The molecule has 0 saturated carbocycles. The van der Waals surface area contributed by atoms with Gasteiger partial charge < -0.3 is 14.8 Å². The van der Waals surface area contributed by atoms with Gasteiger partial charge in [-0.2, -0.15) is 0 Å². The topological polar surface area (TPSA) is 104 Å². The van der Waals surface area contributed by atoms with Crippen molar-refractivity contribution in [3.05, 3.63) is 56.4 Å². The molecule has 1 aliphatic heterocycles. The molecule has 4 rings (SSSR count). The van der Waals surface area contributed by atoms with Crippen LogP contribution < -0.4 is 26.0 Å². The molecule has 10 heteroatoms. The Balaban J connectivity index is 1.56. The number of carbonyl (C=O) groups is 1. The van der Waals surface area contributed by atoms with Crippen molar-refractivity contribution < 1.29 is 14.3 Å². The highest BCUT2D eigenvalue weighted by Gasteiger charge is 2.20. The number of hydrogen-bond donors (Lipinski definition) is 1. The van der Waals surface area contributed by atoms with Gasteiger partial charge >= 0.3 is 5.69 Å². The van der Waals surface area contributed by atoms with Gasteiger partial charge in [-0.25, -0.2) is 9.78 Å². The quantitative estimate of drug-likeness (QED) is 0.565. The van der Waals surface area contributed by atoms with Crippen LogP contribution in [0, 0.1) is 0 Å². The maximum absolute atomic E-state index is 12.9. The number of pyridine rings is 1. The number of rotatable bonds is 6. The summed E-state index contributed by atoms with van der Waals surface area (Å²) in [7, 11) is 3.03. The molecule has 0 saturated heterocycles. The van der Waals surface area contributed by atoms with Gasteiger partial charge in [-0.05, 0) is 29.2 Å². The molecule has 0 spiro atoms. The third kappa shape index (κ3) is 3.97. The third-order valence-electron chi connectivity index (χ3n) is 5.35. The largest absolute Gasteiger partial charge is 0.454 e. The Morgan fingerprint density at radius 3 is 2.69 bits per heavy atom. The Labute approximate surface area is 188 Å². The molecule has 3 aromatic rings. The summed E-state index contributed by atoms with van der Waals surface area (Å²) in [5, 5.41) is 3.25. The lowest BCUT2D eigenvalue weighted by Gasteiger charge is -2.16. The van der Waals surface area contributed by atoms with Crippen molar-refractivity contribution in [3.8, 4) is 11.5 Å². The van der Waals surface area contributed by atoms with E-state index < -0.39 is 11.2 Å². The van der Waals surface area contributed by atoms with Gasteiger partial charge in [-0.1, -0.05) is 19.9 Å². The van der Waals surface area contributed by atoms with Gasteiger partial charge in [-0.3, -0.25) is 18.7 Å². The minimum Gasteiger partial charge on any atom is -0.454 e. The van der Waals surface area contributed by atoms with Crippen molar-refractivity contribution in [2.45, 2.75) is 31.2 Å². The van der Waals surface area contributed by atoms with Crippen LogP contribution in [-0.4, -0.2) is 32.6 Å². The second-order valence-electron chi connectivity index (χ2n) is 7.85. The highest BCUT2D eigenvalue weighted by molar-refractivity contribution is 8.00. The summed E-state index contributed by atoms with van der Waals surface area (Å²) in [5.74, 6) is 1.40. The summed E-state index contributed by atoms with van der Waals surface area (Å²) in [6, 6.07) is 5.53. The molecule has 1 amide bonds. The summed E-state index contributed by atoms with van der Waals surface area (Å²) >= 11 is 1.28. The van der Waals surface area contributed by atoms with E-state index in [0.717, 1.165) is 15.7 Å². The van der Waals surface area contributed by atoms with Crippen LogP contribution >= 0.6 is 11.8 Å². The maximum Gasteiger partial charge on any atom is 0.332 e. The predicted octanol–water partition coefficient (Wildman–Crippen LogP) is 1.89. The SMILES string of the molecule is CC(C)c1cnc2c(c1SCC(=O)NCc1ccc3c(c1)OCO3)c(=O)n(C)c(=O)n2C. The normalized spacial score (nSPS) is 12.5. The molecular formula is C22H24N4O5S. The Morgan fingerprint density at radius 1 is 1.19 bits per heavy atom. The second-order valence-corrected chi connectivity index (χ2v) is 8.84. The Bertz CT molecular complexity index is 1330. The molecule has 0 unspecified atom stereocenters. The number of ether oxygens (including phenoxy) is 2. The van der Waals surface area contributed by atoms with Crippen LogP contribution in [0.15, 0.2) is 38.9 Å². The third-order valence-corrected chi connectivity index (χ3v) is 6.48. The first-order chi connectivity index (χ1) is 15.3. The van der Waals surface area contributed by atoms with Gasteiger partial charge in [0.15, 0.2) is 11.5 Å². The van der Waals surface area contributed by atoms with Crippen LogP contribution in [0.4, 0.5) is 0 Å². The highest BCUT2D eigenvalue weighted by Crippen LogP contribution is 2.33. The van der Waals surface area contributed by atoms with E-state index in [1.165, 1.54) is 23.4 Å². The van der Waals surface area contributed by atoms with Crippen molar-refractivity contribution >= 4 is 28.7 Å². The molecule has 1 N–H and O–H groups in total. The highest BCUT2D eigenvalue weighted by atomic mass is 32.2. The average Bonchev–Trinajstić information content (AvgIpc) is 3.25. The van der Waals surface area contributed by atoms with E-state index in [0.29, 0.717) is 34.0 Å². The lowest BCUT2D eigenvalue weighted by atomic mass is 10.0. The number of aromatic nitrogens is 3. The molecule has 1 aliphatic rings. The molecule has 0 fully saturated rings. The molecule has 0 bridgehead atoms. The summed E-state index contributed by atoms with van der Waals surface area (Å²) in [4.78, 5) is 42.8. The smallest absolute Gasteiger partial charge is 0.332 e. The minimum absolute atomic E-state index is 0.0908. The van der Waals surface area contributed by atoms with Gasteiger partial charge in [0, 0.05) is 31.7 Å². The fraction of sp³-hybridized carbons (Fsp3) is 0.364. The number of fused-ring (bicyclic) bond motifs is 2. The lowest BCUT2D eigenvalue weighted by molar-refractivity contribution is -0.118. The number of hydrogen-bond acceptors (Lipinski definition) is 7. The van der Waals surface area contributed by atoms with Gasteiger partial charge in [-0.15, -0.1) is 11.8 Å². The number of aryl methyl sites for hydroxylation is 1. The fourth-order valence-corrected chi connectivity index (χ4v) is 4.68. The van der Waals surface area contributed by atoms with Crippen molar-refractivity contribution in [2.75, 3.05) is 12.5 Å². The van der Waals surface area contributed by atoms with Crippen molar-refractivity contribution in [1.82, 2.24) is 19.4 Å². The molecule has 0 atom stereocenters. The van der Waals surface area contributed by atoms with Crippen LogP contribution in [0.1, 0.15) is 30.9 Å². The second kappa shape index (κ2) is 8.70. The maximum atomic E-state index is 12.9. The molecule has 0 aliphatic carbocycles. The lowest BCUT2D eigenvalue weighted by Crippen LogP contribution is -2.37. The molecular weight excluding hydrogens is 432 g/mol. The van der Waals surface area contributed by atoms with E-state index in [1.807, 2.05) is 32.0 Å². The minimum atomic E-state index is -0.440. The van der Waals surface area contributed by atoms with Crippen LogP contribution in [0.25, 0.3) is 11.0 Å². The predicted molar refractivity (Wildman–Crippen MR) is 121 cm³/mol. The Hall–Kier alpha value is -3.27. The van der Waals surface area contributed by atoms with Crippen LogP contribution in [0.5, 0.6) is 11.5 Å². The van der Waals surface area contributed by atoms with E-state index in [4.69, 9.17) is 9.47 Å². The zero-order chi connectivity index (χ0) is 23.0. The van der Waals surface area contributed by atoms with Crippen molar-refractivity contribution in [3.63, 3.8) is 0 Å². The summed E-state index contributed by atoms with van der Waals surface area (Å²) in [5.41, 5.74) is 1.22. The van der Waals surface area contributed by atoms with Crippen LogP contribution in [-0.2, 0) is 25.4 Å². The number of amides is 1. The average molecular weight is 457 g/mol. The van der Waals surface area contributed by atoms with Gasteiger partial charge in [0.1, 0.15) is 5.65 Å². The van der Waals surface area contributed by atoms with E-state index in [-0.39, 0.29) is 24.4 Å². The summed E-state index contributed by atoms with van der Waals surface area (Å²) < 4.78 is 13.1. The number of carbonyl (C=O) groups excluding carboxylic acids is 1. The fourth-order valence-electron chi connectivity index (χ4n) is 3.52. The zero-order valence-corrected chi connectivity index (χ0v) is 19.1. The molecule has 9 nitrogen and oxygen atoms in total. The van der Waals surface area contributed by atoms with Crippen LogP contribution in [0.2, 0.25) is 0 Å². The first-order valence-corrected chi connectivity index (χ1v) is 11.1. The van der Waals surface area contributed by atoms with Crippen LogP contribution in [0.3, 0.4) is 0 Å².